The quantitative estimate of drug-likeness (QED) is 0.871. The molecule has 0 saturated carbocycles. The number of nitrogens with zero attached hydrogens (tertiary/aromatic N) is 3. The van der Waals surface area contributed by atoms with E-state index in [0.29, 0.717) is 0 Å². The van der Waals surface area contributed by atoms with E-state index in [1.54, 1.807) is 0 Å². The molecule has 1 aliphatic rings. The standard InChI is InChI=1S/C12H22N4S/c1-3-4-11-14-12(17-15-11)16(2)9-10-5-7-13-8-6-10/h10,13H,3-9H2,1-2H3. The van der Waals surface area contributed by atoms with Crippen LogP contribution in [0.4, 0.5) is 5.13 Å². The Morgan fingerprint density at radius 1 is 1.41 bits per heavy atom. The van der Waals surface area contributed by atoms with E-state index in [2.05, 4.69) is 33.5 Å². The van der Waals surface area contributed by atoms with Crippen molar-refractivity contribution in [2.24, 2.45) is 5.92 Å². The number of hydrogen-bond donors (Lipinski definition) is 1. The number of rotatable bonds is 5. The predicted molar refractivity (Wildman–Crippen MR) is 72.8 cm³/mol. The largest absolute Gasteiger partial charge is 0.350 e. The molecule has 0 aromatic carbocycles. The molecule has 0 aliphatic carbocycles. The topological polar surface area (TPSA) is 41.1 Å². The van der Waals surface area contributed by atoms with Gasteiger partial charge in [0.1, 0.15) is 5.82 Å². The van der Waals surface area contributed by atoms with E-state index in [1.807, 2.05) is 0 Å². The molecule has 1 saturated heterocycles. The third-order valence-corrected chi connectivity index (χ3v) is 4.12. The molecule has 1 N–H and O–H groups in total. The Morgan fingerprint density at radius 3 is 2.88 bits per heavy atom. The zero-order valence-electron chi connectivity index (χ0n) is 10.8. The normalized spacial score (nSPS) is 17.3. The van der Waals surface area contributed by atoms with E-state index >= 15 is 0 Å². The Hall–Kier alpha value is -0.680. The second-order valence-electron chi connectivity index (χ2n) is 4.82. The van der Waals surface area contributed by atoms with Gasteiger partial charge in [-0.25, -0.2) is 4.98 Å². The van der Waals surface area contributed by atoms with Gasteiger partial charge in [0.2, 0.25) is 5.13 Å². The van der Waals surface area contributed by atoms with Crippen molar-refractivity contribution >= 4 is 16.7 Å². The first-order chi connectivity index (χ1) is 8.29. The summed E-state index contributed by atoms with van der Waals surface area (Å²) in [6, 6.07) is 0. The van der Waals surface area contributed by atoms with Crippen LogP contribution in [-0.4, -0.2) is 36.0 Å². The van der Waals surface area contributed by atoms with E-state index in [9.17, 15) is 0 Å². The van der Waals surface area contributed by atoms with Gasteiger partial charge in [0.05, 0.1) is 0 Å². The van der Waals surface area contributed by atoms with Crippen molar-refractivity contribution in [2.75, 3.05) is 31.6 Å². The number of aromatic nitrogens is 2. The van der Waals surface area contributed by atoms with Crippen LogP contribution in [0.2, 0.25) is 0 Å². The summed E-state index contributed by atoms with van der Waals surface area (Å²) in [7, 11) is 2.14. The number of aryl methyl sites for hydroxylation is 1. The van der Waals surface area contributed by atoms with Crippen molar-refractivity contribution in [2.45, 2.75) is 32.6 Å². The summed E-state index contributed by atoms with van der Waals surface area (Å²) < 4.78 is 4.40. The first-order valence-corrected chi connectivity index (χ1v) is 7.31. The molecule has 0 amide bonds. The smallest absolute Gasteiger partial charge is 0.204 e. The number of piperidine rings is 1. The molecular weight excluding hydrogens is 232 g/mol. The first-order valence-electron chi connectivity index (χ1n) is 6.54. The molecule has 1 aliphatic heterocycles. The van der Waals surface area contributed by atoms with Crippen molar-refractivity contribution in [1.29, 1.82) is 0 Å². The minimum atomic E-state index is 0.805. The molecule has 0 unspecified atom stereocenters. The summed E-state index contributed by atoms with van der Waals surface area (Å²) in [4.78, 5) is 6.85. The zero-order chi connectivity index (χ0) is 12.1. The van der Waals surface area contributed by atoms with Crippen molar-refractivity contribution in [3.63, 3.8) is 0 Å². The molecule has 1 aromatic heterocycles. The molecule has 17 heavy (non-hydrogen) atoms. The Morgan fingerprint density at radius 2 is 2.18 bits per heavy atom. The lowest BCUT2D eigenvalue weighted by Crippen LogP contribution is -2.34. The Bertz CT molecular complexity index is 333. The Kier molecular flexibility index (Phi) is 4.74. The van der Waals surface area contributed by atoms with Crippen molar-refractivity contribution in [3.8, 4) is 0 Å². The van der Waals surface area contributed by atoms with Crippen LogP contribution < -0.4 is 10.2 Å². The van der Waals surface area contributed by atoms with E-state index < -0.39 is 0 Å². The molecule has 2 heterocycles. The lowest BCUT2D eigenvalue weighted by Gasteiger charge is -2.27. The van der Waals surface area contributed by atoms with Crippen LogP contribution in [-0.2, 0) is 6.42 Å². The molecule has 5 heteroatoms. The van der Waals surface area contributed by atoms with Crippen molar-refractivity contribution in [3.05, 3.63) is 5.82 Å². The van der Waals surface area contributed by atoms with Crippen LogP contribution in [0, 0.1) is 5.92 Å². The minimum Gasteiger partial charge on any atom is -0.350 e. The molecule has 0 spiro atoms. The molecule has 1 fully saturated rings. The fourth-order valence-electron chi connectivity index (χ4n) is 2.25. The zero-order valence-corrected chi connectivity index (χ0v) is 11.6. The summed E-state index contributed by atoms with van der Waals surface area (Å²) in [5.41, 5.74) is 0. The van der Waals surface area contributed by atoms with Gasteiger partial charge in [-0.3, -0.25) is 0 Å². The highest BCUT2D eigenvalue weighted by atomic mass is 32.1. The van der Waals surface area contributed by atoms with Crippen LogP contribution in [0.5, 0.6) is 0 Å². The third kappa shape index (κ3) is 3.64. The highest BCUT2D eigenvalue weighted by molar-refractivity contribution is 7.09. The minimum absolute atomic E-state index is 0.805. The molecular formula is C12H22N4S. The molecule has 4 nitrogen and oxygen atoms in total. The summed E-state index contributed by atoms with van der Waals surface area (Å²) in [5.74, 6) is 1.81. The summed E-state index contributed by atoms with van der Waals surface area (Å²) >= 11 is 1.54. The number of anilines is 1. The van der Waals surface area contributed by atoms with Crippen LogP contribution in [0.3, 0.4) is 0 Å². The average molecular weight is 254 g/mol. The van der Waals surface area contributed by atoms with E-state index in [0.717, 1.165) is 49.3 Å². The van der Waals surface area contributed by atoms with E-state index in [4.69, 9.17) is 0 Å². The van der Waals surface area contributed by atoms with Crippen LogP contribution in [0.25, 0.3) is 0 Å². The molecule has 0 atom stereocenters. The molecule has 0 bridgehead atoms. The maximum atomic E-state index is 4.58. The second-order valence-corrected chi connectivity index (χ2v) is 5.55. The van der Waals surface area contributed by atoms with Gasteiger partial charge >= 0.3 is 0 Å². The third-order valence-electron chi connectivity index (χ3n) is 3.25. The van der Waals surface area contributed by atoms with E-state index in [1.165, 1.54) is 24.4 Å². The Labute approximate surface area is 108 Å². The SMILES string of the molecule is CCCc1nsc(N(C)CC2CCNCC2)n1. The molecule has 2 rings (SSSR count). The van der Waals surface area contributed by atoms with Gasteiger partial charge in [-0.05, 0) is 38.3 Å². The fraction of sp³-hybridized carbons (Fsp3) is 0.833. The number of nitrogens with one attached hydrogen (secondary N) is 1. The van der Waals surface area contributed by atoms with Gasteiger partial charge in [0.25, 0.3) is 0 Å². The fourth-order valence-corrected chi connectivity index (χ4v) is 2.93. The molecule has 1 aromatic rings. The monoisotopic (exact) mass is 254 g/mol. The average Bonchev–Trinajstić information content (AvgIpc) is 2.79. The summed E-state index contributed by atoms with van der Waals surface area (Å²) in [5, 5.41) is 4.48. The molecule has 0 radical (unpaired) electrons. The van der Waals surface area contributed by atoms with Gasteiger partial charge in [-0.2, -0.15) is 4.37 Å². The van der Waals surface area contributed by atoms with Gasteiger partial charge < -0.3 is 10.2 Å². The Balaban J connectivity index is 1.86. The van der Waals surface area contributed by atoms with Crippen molar-refractivity contribution < 1.29 is 0 Å². The highest BCUT2D eigenvalue weighted by Gasteiger charge is 2.17. The van der Waals surface area contributed by atoms with Crippen LogP contribution in [0.15, 0.2) is 0 Å². The number of hydrogen-bond acceptors (Lipinski definition) is 5. The summed E-state index contributed by atoms with van der Waals surface area (Å²) in [6.45, 7) is 5.60. The van der Waals surface area contributed by atoms with E-state index in [-0.39, 0.29) is 0 Å². The summed E-state index contributed by atoms with van der Waals surface area (Å²) in [6.07, 6.45) is 4.68. The van der Waals surface area contributed by atoms with Gasteiger partial charge in [0.15, 0.2) is 0 Å². The predicted octanol–water partition coefficient (Wildman–Crippen LogP) is 1.93. The maximum Gasteiger partial charge on any atom is 0.204 e. The van der Waals surface area contributed by atoms with Crippen LogP contribution >= 0.6 is 11.5 Å². The van der Waals surface area contributed by atoms with Gasteiger partial charge in [0, 0.05) is 31.5 Å². The first kappa shape index (κ1) is 12.8. The highest BCUT2D eigenvalue weighted by Crippen LogP contribution is 2.20. The lowest BCUT2D eigenvalue weighted by molar-refractivity contribution is 0.378. The van der Waals surface area contributed by atoms with Gasteiger partial charge in [-0.15, -0.1) is 0 Å². The van der Waals surface area contributed by atoms with Gasteiger partial charge in [-0.1, -0.05) is 6.92 Å². The second kappa shape index (κ2) is 6.31. The maximum absolute atomic E-state index is 4.58. The lowest BCUT2D eigenvalue weighted by atomic mass is 9.98. The van der Waals surface area contributed by atoms with Crippen LogP contribution in [0.1, 0.15) is 32.0 Å². The van der Waals surface area contributed by atoms with Crippen molar-refractivity contribution in [1.82, 2.24) is 14.7 Å². The molecule has 96 valence electrons.